The Bertz CT molecular complexity index is 620. The average molecular weight is 400 g/mol. The van der Waals surface area contributed by atoms with Crippen LogP contribution in [0.5, 0.6) is 0 Å². The zero-order chi connectivity index (χ0) is 16.8. The van der Waals surface area contributed by atoms with Crippen molar-refractivity contribution in [1.82, 2.24) is 4.90 Å². The van der Waals surface area contributed by atoms with E-state index in [-0.39, 0.29) is 12.5 Å². The number of benzene rings is 1. The largest absolute Gasteiger partial charge is 0.445 e. The SMILES string of the molecule is O=C(OCc1ccccc1)N1CCC2(CC3C1C3(F)Br)OCCO2. The number of ether oxygens (including phenoxy) is 3. The third-order valence-corrected chi connectivity index (χ3v) is 6.07. The molecule has 1 aromatic rings. The van der Waals surface area contributed by atoms with Gasteiger partial charge in [0.15, 0.2) is 10.4 Å². The molecule has 2 saturated heterocycles. The first-order valence-electron chi connectivity index (χ1n) is 8.15. The summed E-state index contributed by atoms with van der Waals surface area (Å²) in [6.45, 7) is 1.55. The Labute approximate surface area is 148 Å². The Kier molecular flexibility index (Phi) is 4.05. The van der Waals surface area contributed by atoms with E-state index in [1.165, 1.54) is 4.90 Å². The maximum atomic E-state index is 14.7. The highest BCUT2D eigenvalue weighted by Gasteiger charge is 2.72. The summed E-state index contributed by atoms with van der Waals surface area (Å²) in [5.74, 6) is -1.11. The van der Waals surface area contributed by atoms with Crippen LogP contribution in [-0.4, -0.2) is 47.2 Å². The second-order valence-corrected chi connectivity index (χ2v) is 7.74. The molecule has 2 heterocycles. The first-order chi connectivity index (χ1) is 11.5. The number of carbonyl (C=O) groups is 1. The van der Waals surface area contributed by atoms with Crippen molar-refractivity contribution in [2.45, 2.75) is 35.9 Å². The van der Waals surface area contributed by atoms with Gasteiger partial charge in [-0.2, -0.15) is 0 Å². The van der Waals surface area contributed by atoms with Crippen LogP contribution >= 0.6 is 15.9 Å². The van der Waals surface area contributed by atoms with Crippen molar-refractivity contribution >= 4 is 22.0 Å². The van der Waals surface area contributed by atoms with E-state index in [4.69, 9.17) is 14.2 Å². The molecule has 4 rings (SSSR count). The van der Waals surface area contributed by atoms with Gasteiger partial charge < -0.3 is 19.1 Å². The summed E-state index contributed by atoms with van der Waals surface area (Å²) >= 11 is 3.12. The molecule has 1 spiro atoms. The molecule has 3 fully saturated rings. The summed E-state index contributed by atoms with van der Waals surface area (Å²) in [5, 5.41) is 0. The third-order valence-electron chi connectivity index (χ3n) is 5.01. The monoisotopic (exact) mass is 399 g/mol. The number of carbonyl (C=O) groups excluding carboxylic acids is 1. The van der Waals surface area contributed by atoms with Gasteiger partial charge in [0.1, 0.15) is 6.61 Å². The number of nitrogens with zero attached hydrogens (tertiary/aromatic N) is 1. The van der Waals surface area contributed by atoms with Crippen molar-refractivity contribution in [3.05, 3.63) is 35.9 Å². The molecule has 5 nitrogen and oxygen atoms in total. The van der Waals surface area contributed by atoms with Gasteiger partial charge in [0.05, 0.1) is 19.3 Å². The summed E-state index contributed by atoms with van der Waals surface area (Å²) in [6, 6.07) is 8.90. The molecular weight excluding hydrogens is 381 g/mol. The fraction of sp³-hybridized carbons (Fsp3) is 0.588. The molecule has 3 atom stereocenters. The van der Waals surface area contributed by atoms with E-state index in [0.717, 1.165) is 5.56 Å². The Balaban J connectivity index is 1.45. The first-order valence-corrected chi connectivity index (χ1v) is 8.94. The van der Waals surface area contributed by atoms with Gasteiger partial charge in [0, 0.05) is 25.3 Å². The Morgan fingerprint density at radius 2 is 2.04 bits per heavy atom. The lowest BCUT2D eigenvalue weighted by atomic mass is 10.1. The maximum Gasteiger partial charge on any atom is 0.410 e. The molecule has 1 amide bonds. The van der Waals surface area contributed by atoms with Gasteiger partial charge in [-0.15, -0.1) is 0 Å². The van der Waals surface area contributed by atoms with E-state index in [1.54, 1.807) is 0 Å². The number of amides is 1. The molecule has 1 aliphatic carbocycles. The van der Waals surface area contributed by atoms with Crippen LogP contribution in [0, 0.1) is 5.92 Å². The molecule has 0 radical (unpaired) electrons. The van der Waals surface area contributed by atoms with Crippen molar-refractivity contribution in [3.63, 3.8) is 0 Å². The Morgan fingerprint density at radius 3 is 2.75 bits per heavy atom. The fourth-order valence-electron chi connectivity index (χ4n) is 3.68. The van der Waals surface area contributed by atoms with Gasteiger partial charge in [-0.1, -0.05) is 30.3 Å². The predicted octanol–water partition coefficient (Wildman–Crippen LogP) is 3.22. The van der Waals surface area contributed by atoms with Crippen molar-refractivity contribution in [1.29, 1.82) is 0 Å². The van der Waals surface area contributed by atoms with Gasteiger partial charge in [-0.25, -0.2) is 9.18 Å². The highest BCUT2D eigenvalue weighted by molar-refractivity contribution is 9.10. The lowest BCUT2D eigenvalue weighted by Crippen LogP contribution is -2.40. The van der Waals surface area contributed by atoms with Crippen LogP contribution in [-0.2, 0) is 20.8 Å². The Morgan fingerprint density at radius 1 is 1.33 bits per heavy atom. The standard InChI is InChI=1S/C17H19BrFNO4/c18-17(19)13-10-16(23-8-9-24-16)6-7-20(14(13)17)15(21)22-11-12-4-2-1-3-5-12/h1-5,13-14H,6-11H2. The second-order valence-electron chi connectivity index (χ2n) is 6.52. The molecule has 2 aliphatic heterocycles. The minimum absolute atomic E-state index is 0.174. The number of halogens is 2. The summed E-state index contributed by atoms with van der Waals surface area (Å²) in [4.78, 5) is 14.0. The lowest BCUT2D eigenvalue weighted by Gasteiger charge is -2.28. The van der Waals surface area contributed by atoms with E-state index in [2.05, 4.69) is 15.9 Å². The smallest absolute Gasteiger partial charge is 0.410 e. The number of alkyl halides is 2. The van der Waals surface area contributed by atoms with E-state index < -0.39 is 22.5 Å². The summed E-state index contributed by atoms with van der Waals surface area (Å²) in [5.41, 5.74) is 0.900. The number of hydrogen-bond donors (Lipinski definition) is 0. The van der Waals surface area contributed by atoms with Crippen LogP contribution in [0.1, 0.15) is 18.4 Å². The van der Waals surface area contributed by atoms with Gasteiger partial charge in [-0.05, 0) is 21.5 Å². The number of rotatable bonds is 2. The normalized spacial score (nSPS) is 33.8. The lowest BCUT2D eigenvalue weighted by molar-refractivity contribution is -0.169. The summed E-state index contributed by atoms with van der Waals surface area (Å²) < 4.78 is 29.9. The van der Waals surface area contributed by atoms with Gasteiger partial charge in [-0.3, -0.25) is 0 Å². The van der Waals surface area contributed by atoms with Gasteiger partial charge in [0.25, 0.3) is 0 Å². The van der Waals surface area contributed by atoms with Crippen molar-refractivity contribution < 1.29 is 23.4 Å². The summed E-state index contributed by atoms with van der Waals surface area (Å²) in [7, 11) is 0. The molecule has 3 aliphatic rings. The molecule has 0 bridgehead atoms. The van der Waals surface area contributed by atoms with Crippen LogP contribution in [0.3, 0.4) is 0 Å². The molecule has 1 saturated carbocycles. The van der Waals surface area contributed by atoms with Crippen molar-refractivity contribution in [2.75, 3.05) is 19.8 Å². The van der Waals surface area contributed by atoms with Crippen LogP contribution in [0.15, 0.2) is 30.3 Å². The quantitative estimate of drug-likeness (QED) is 0.716. The number of likely N-dealkylation sites (tertiary alicyclic amines) is 1. The third kappa shape index (κ3) is 2.82. The number of hydrogen-bond acceptors (Lipinski definition) is 4. The molecule has 3 unspecified atom stereocenters. The highest BCUT2D eigenvalue weighted by Crippen LogP contribution is 2.61. The predicted molar refractivity (Wildman–Crippen MR) is 87.2 cm³/mol. The fourth-order valence-corrected chi connectivity index (χ4v) is 4.52. The average Bonchev–Trinajstić information content (AvgIpc) is 2.90. The topological polar surface area (TPSA) is 48.0 Å². The van der Waals surface area contributed by atoms with Gasteiger partial charge in [0.2, 0.25) is 0 Å². The molecule has 130 valence electrons. The zero-order valence-corrected chi connectivity index (χ0v) is 14.7. The van der Waals surface area contributed by atoms with Crippen LogP contribution in [0.4, 0.5) is 9.18 Å². The first kappa shape index (κ1) is 16.3. The highest BCUT2D eigenvalue weighted by atomic mass is 79.9. The van der Waals surface area contributed by atoms with Crippen LogP contribution in [0.2, 0.25) is 0 Å². The zero-order valence-electron chi connectivity index (χ0n) is 13.1. The minimum atomic E-state index is -1.60. The molecule has 7 heteroatoms. The minimum Gasteiger partial charge on any atom is -0.445 e. The van der Waals surface area contributed by atoms with E-state index in [0.29, 0.717) is 32.6 Å². The molecule has 0 N–H and O–H groups in total. The molecular formula is C17H19BrFNO4. The maximum absolute atomic E-state index is 14.7. The molecule has 0 aromatic heterocycles. The van der Waals surface area contributed by atoms with Crippen molar-refractivity contribution in [2.24, 2.45) is 5.92 Å². The van der Waals surface area contributed by atoms with E-state index in [9.17, 15) is 9.18 Å². The molecule has 24 heavy (non-hydrogen) atoms. The molecule has 1 aromatic carbocycles. The number of fused-ring (bicyclic) bond motifs is 1. The van der Waals surface area contributed by atoms with Crippen molar-refractivity contribution in [3.8, 4) is 0 Å². The van der Waals surface area contributed by atoms with Gasteiger partial charge >= 0.3 is 6.09 Å². The van der Waals surface area contributed by atoms with Crippen LogP contribution in [0.25, 0.3) is 0 Å². The van der Waals surface area contributed by atoms with E-state index in [1.807, 2.05) is 30.3 Å². The summed E-state index contributed by atoms with van der Waals surface area (Å²) in [6.07, 6.45) is 0.480. The van der Waals surface area contributed by atoms with Crippen LogP contribution < -0.4 is 0 Å². The second kappa shape index (κ2) is 5.97. The Hall–Kier alpha value is -1.18. The van der Waals surface area contributed by atoms with E-state index >= 15 is 0 Å².